The third kappa shape index (κ3) is 4.69. The van der Waals surface area contributed by atoms with Gasteiger partial charge in [0.25, 0.3) is 5.91 Å². The Balaban J connectivity index is 1.57. The molecule has 4 rings (SSSR count). The second kappa shape index (κ2) is 9.55. The van der Waals surface area contributed by atoms with Crippen molar-refractivity contribution in [3.05, 3.63) is 59.9 Å². The molecule has 2 aliphatic carbocycles. The number of benzene rings is 1. The van der Waals surface area contributed by atoms with Crippen LogP contribution in [0.25, 0.3) is 6.08 Å². The standard InChI is InChI=1S/C26H30N2O4/c1-17-8-6-11-21(18(17)2)27-25(29)16-28-22-12-4-5-13-23(22)32-24(26(28)30)15-19-9-7-10-20(14-19)31-3/h4-5,7,9-10,12-15,17-18,21,23H,6,8,11,16H2,1-3H3/p+1/b24-15+. The number of fused-ring (bicyclic) bond motifs is 1. The number of allylic oxidation sites excluding steroid dienone is 2. The fraction of sp³-hybridized carbons (Fsp3) is 0.423. The van der Waals surface area contributed by atoms with Gasteiger partial charge in [0.1, 0.15) is 5.75 Å². The number of nitrogens with one attached hydrogen (secondary N) is 1. The second-order valence-corrected chi connectivity index (χ2v) is 8.83. The highest BCUT2D eigenvalue weighted by atomic mass is 16.5. The van der Waals surface area contributed by atoms with Gasteiger partial charge in [-0.25, -0.2) is 4.79 Å². The molecule has 4 atom stereocenters. The highest BCUT2D eigenvalue weighted by Gasteiger charge is 2.41. The quantitative estimate of drug-likeness (QED) is 0.568. The maximum atomic E-state index is 13.3. The Morgan fingerprint density at radius 1 is 1.28 bits per heavy atom. The molecule has 0 bridgehead atoms. The summed E-state index contributed by atoms with van der Waals surface area (Å²) in [4.78, 5) is 26.3. The molecule has 3 aliphatic rings. The molecule has 1 aromatic rings. The van der Waals surface area contributed by atoms with Gasteiger partial charge in [0, 0.05) is 12.1 Å². The first-order valence-corrected chi connectivity index (χ1v) is 11.3. The molecule has 6 heteroatoms. The van der Waals surface area contributed by atoms with Crippen molar-refractivity contribution in [2.75, 3.05) is 13.7 Å². The van der Waals surface area contributed by atoms with E-state index in [1.807, 2.05) is 48.6 Å². The third-order valence-corrected chi connectivity index (χ3v) is 6.72. The van der Waals surface area contributed by atoms with Crippen molar-refractivity contribution in [2.45, 2.75) is 45.3 Å². The Morgan fingerprint density at radius 2 is 2.12 bits per heavy atom. The topological polar surface area (TPSA) is 67.6 Å². The molecule has 6 nitrogen and oxygen atoms in total. The first kappa shape index (κ1) is 22.1. The molecule has 0 saturated heterocycles. The summed E-state index contributed by atoms with van der Waals surface area (Å²) < 4.78 is 12.8. The maximum Gasteiger partial charge on any atom is 0.455 e. The molecule has 168 valence electrons. The van der Waals surface area contributed by atoms with Crippen LogP contribution in [0.15, 0.2) is 54.3 Å². The fourth-order valence-corrected chi connectivity index (χ4v) is 4.62. The van der Waals surface area contributed by atoms with Crippen LogP contribution in [0, 0.1) is 11.8 Å². The fourth-order valence-electron chi connectivity index (χ4n) is 4.62. The van der Waals surface area contributed by atoms with E-state index >= 15 is 0 Å². The lowest BCUT2D eigenvalue weighted by Gasteiger charge is -2.34. The van der Waals surface area contributed by atoms with Gasteiger partial charge in [-0.1, -0.05) is 51.0 Å². The number of rotatable bonds is 5. The Bertz CT molecular complexity index is 1020. The molecule has 1 aromatic carbocycles. The van der Waals surface area contributed by atoms with E-state index in [1.54, 1.807) is 13.2 Å². The van der Waals surface area contributed by atoms with Crippen LogP contribution in [-0.4, -0.2) is 47.9 Å². The first-order chi connectivity index (χ1) is 15.5. The molecular weight excluding hydrogens is 404 g/mol. The molecule has 0 radical (unpaired) electrons. The van der Waals surface area contributed by atoms with Crippen molar-refractivity contribution in [1.82, 2.24) is 5.32 Å². The summed E-state index contributed by atoms with van der Waals surface area (Å²) in [5, 5.41) is 3.18. The molecular formula is C26H31N2O4+. The van der Waals surface area contributed by atoms with E-state index in [1.165, 1.54) is 11.0 Å². The minimum Gasteiger partial charge on any atom is -0.497 e. The number of nitrogens with zero attached hydrogens (tertiary/aromatic N) is 1. The predicted octanol–water partition coefficient (Wildman–Crippen LogP) is 3.48. The second-order valence-electron chi connectivity index (χ2n) is 8.83. The molecule has 1 N–H and O–H groups in total. The molecule has 1 heterocycles. The monoisotopic (exact) mass is 435 g/mol. The van der Waals surface area contributed by atoms with Crippen LogP contribution in [0.3, 0.4) is 0 Å². The number of carbonyl (C=O) groups excluding carboxylic acids is 2. The zero-order chi connectivity index (χ0) is 22.7. The average Bonchev–Trinajstić information content (AvgIpc) is 2.80. The summed E-state index contributed by atoms with van der Waals surface area (Å²) in [7, 11) is 1.60. The van der Waals surface area contributed by atoms with E-state index in [-0.39, 0.29) is 30.2 Å². The lowest BCUT2D eigenvalue weighted by molar-refractivity contribution is -0.443. The summed E-state index contributed by atoms with van der Waals surface area (Å²) in [6.07, 6.45) is 12.1. The smallest absolute Gasteiger partial charge is 0.455 e. The number of amides is 2. The lowest BCUT2D eigenvalue weighted by Crippen LogP contribution is -2.50. The highest BCUT2D eigenvalue weighted by Crippen LogP contribution is 2.29. The van der Waals surface area contributed by atoms with Gasteiger partial charge in [-0.05, 0) is 48.1 Å². The zero-order valence-corrected chi connectivity index (χ0v) is 18.9. The van der Waals surface area contributed by atoms with Crippen LogP contribution in [0.1, 0.15) is 38.7 Å². The van der Waals surface area contributed by atoms with Gasteiger partial charge < -0.3 is 14.8 Å². The molecule has 0 aromatic heterocycles. The van der Waals surface area contributed by atoms with Crippen LogP contribution >= 0.6 is 0 Å². The molecule has 0 spiro atoms. The van der Waals surface area contributed by atoms with E-state index in [0.29, 0.717) is 23.3 Å². The normalized spacial score (nSPS) is 28.3. The van der Waals surface area contributed by atoms with Crippen molar-refractivity contribution < 1.29 is 23.6 Å². The average molecular weight is 436 g/mol. The van der Waals surface area contributed by atoms with Crippen LogP contribution < -0.4 is 10.1 Å². The molecule has 32 heavy (non-hydrogen) atoms. The molecule has 4 unspecified atom stereocenters. The lowest BCUT2D eigenvalue weighted by atomic mass is 9.78. The van der Waals surface area contributed by atoms with Crippen LogP contribution in [-0.2, 0) is 14.3 Å². The predicted molar refractivity (Wildman–Crippen MR) is 123 cm³/mol. The van der Waals surface area contributed by atoms with Gasteiger partial charge in [-0.3, -0.25) is 4.79 Å². The van der Waals surface area contributed by atoms with Gasteiger partial charge in [0.2, 0.25) is 24.1 Å². The summed E-state index contributed by atoms with van der Waals surface area (Å²) in [6.45, 7) is 4.41. The molecule has 1 fully saturated rings. The van der Waals surface area contributed by atoms with Crippen LogP contribution in [0.2, 0.25) is 0 Å². The van der Waals surface area contributed by atoms with Crippen LogP contribution in [0.4, 0.5) is 0 Å². The Labute approximate surface area is 189 Å². The molecule has 1 aliphatic heterocycles. The SMILES string of the molecule is COc1cccc(/C=C2/OC3C=CC=CC3=[N+](CC(=O)NC3CCCC(C)C3C)C2=O)c1. The van der Waals surface area contributed by atoms with Gasteiger partial charge >= 0.3 is 5.91 Å². The summed E-state index contributed by atoms with van der Waals surface area (Å²) in [5.74, 6) is 1.46. The maximum absolute atomic E-state index is 13.3. The van der Waals surface area contributed by atoms with E-state index in [2.05, 4.69) is 19.2 Å². The van der Waals surface area contributed by atoms with Crippen molar-refractivity contribution in [3.8, 4) is 5.75 Å². The minimum atomic E-state index is -0.406. The number of carbonyl (C=O) groups is 2. The Kier molecular flexibility index (Phi) is 6.58. The summed E-state index contributed by atoms with van der Waals surface area (Å²) in [5.41, 5.74) is 1.47. The van der Waals surface area contributed by atoms with Crippen molar-refractivity contribution >= 4 is 23.6 Å². The van der Waals surface area contributed by atoms with Crippen LogP contribution in [0.5, 0.6) is 5.75 Å². The largest absolute Gasteiger partial charge is 0.497 e. The summed E-state index contributed by atoms with van der Waals surface area (Å²) in [6, 6.07) is 7.57. The van der Waals surface area contributed by atoms with E-state index < -0.39 is 6.10 Å². The van der Waals surface area contributed by atoms with E-state index in [4.69, 9.17) is 9.47 Å². The van der Waals surface area contributed by atoms with E-state index in [0.717, 1.165) is 18.4 Å². The highest BCUT2D eigenvalue weighted by molar-refractivity contribution is 6.06. The van der Waals surface area contributed by atoms with Gasteiger partial charge in [0.15, 0.2) is 0 Å². The number of hydrogen-bond acceptors (Lipinski definition) is 4. The van der Waals surface area contributed by atoms with Gasteiger partial charge in [-0.15, -0.1) is 4.58 Å². The van der Waals surface area contributed by atoms with Crippen molar-refractivity contribution in [1.29, 1.82) is 0 Å². The zero-order valence-electron chi connectivity index (χ0n) is 18.9. The van der Waals surface area contributed by atoms with Crippen molar-refractivity contribution in [3.63, 3.8) is 0 Å². The first-order valence-electron chi connectivity index (χ1n) is 11.3. The third-order valence-electron chi connectivity index (χ3n) is 6.72. The molecule has 1 saturated carbocycles. The Morgan fingerprint density at radius 3 is 2.94 bits per heavy atom. The number of methoxy groups -OCH3 is 1. The van der Waals surface area contributed by atoms with Gasteiger partial charge in [0.05, 0.1) is 7.11 Å². The van der Waals surface area contributed by atoms with E-state index in [9.17, 15) is 9.59 Å². The minimum absolute atomic E-state index is 0.0285. The molecule has 2 amide bonds. The Hall–Kier alpha value is -3.15. The van der Waals surface area contributed by atoms with Crippen molar-refractivity contribution in [2.24, 2.45) is 11.8 Å². The number of ether oxygens (including phenoxy) is 2. The summed E-state index contributed by atoms with van der Waals surface area (Å²) >= 11 is 0. The van der Waals surface area contributed by atoms with Gasteiger partial charge in [-0.2, -0.15) is 0 Å². The number of hydrogen-bond donors (Lipinski definition) is 1.